The average Bonchev–Trinajstić information content (AvgIpc) is 2.77. The van der Waals surface area contributed by atoms with Gasteiger partial charge in [-0.15, -0.1) is 0 Å². The van der Waals surface area contributed by atoms with Crippen molar-refractivity contribution in [3.05, 3.63) is 24.3 Å². The Kier molecular flexibility index (Phi) is 3.36. The molecule has 0 spiro atoms. The number of likely N-dealkylation sites (tertiary alicyclic amines) is 1. The monoisotopic (exact) mass is 248 g/mol. The van der Waals surface area contributed by atoms with E-state index in [2.05, 4.69) is 5.32 Å². The molecule has 1 aromatic rings. The van der Waals surface area contributed by atoms with Crippen LogP contribution in [0.25, 0.3) is 0 Å². The lowest BCUT2D eigenvalue weighted by Crippen LogP contribution is -2.45. The van der Waals surface area contributed by atoms with Crippen molar-refractivity contribution in [2.24, 2.45) is 5.73 Å². The molecule has 3 amide bonds. The Balaban J connectivity index is 2.06. The van der Waals surface area contributed by atoms with Gasteiger partial charge in [-0.3, -0.25) is 4.79 Å². The van der Waals surface area contributed by atoms with Gasteiger partial charge in [0.2, 0.25) is 5.91 Å². The number of benzene rings is 1. The SMILES string of the molecule is NC(=O)C1CCCN1C(=O)Nc1cccc(N)c1. The van der Waals surface area contributed by atoms with E-state index in [9.17, 15) is 9.59 Å². The van der Waals surface area contributed by atoms with E-state index in [0.717, 1.165) is 6.42 Å². The molecule has 1 saturated heterocycles. The zero-order valence-corrected chi connectivity index (χ0v) is 9.93. The molecule has 18 heavy (non-hydrogen) atoms. The second-order valence-corrected chi connectivity index (χ2v) is 4.31. The van der Waals surface area contributed by atoms with Crippen molar-refractivity contribution in [3.8, 4) is 0 Å². The van der Waals surface area contributed by atoms with Crippen LogP contribution in [-0.4, -0.2) is 29.4 Å². The van der Waals surface area contributed by atoms with Crippen LogP contribution in [0.4, 0.5) is 16.2 Å². The van der Waals surface area contributed by atoms with Crippen molar-refractivity contribution in [3.63, 3.8) is 0 Å². The molecule has 1 atom stereocenters. The second-order valence-electron chi connectivity index (χ2n) is 4.31. The van der Waals surface area contributed by atoms with Crippen LogP contribution in [-0.2, 0) is 4.79 Å². The third kappa shape index (κ3) is 2.53. The fraction of sp³-hybridized carbons (Fsp3) is 0.333. The molecule has 1 aromatic carbocycles. The van der Waals surface area contributed by atoms with Crippen LogP contribution in [0.5, 0.6) is 0 Å². The standard InChI is InChI=1S/C12H16N4O2/c13-8-3-1-4-9(7-8)15-12(18)16-6-2-5-10(16)11(14)17/h1,3-4,7,10H,2,5-6,13H2,(H2,14,17)(H,15,18). The third-order valence-corrected chi connectivity index (χ3v) is 2.98. The highest BCUT2D eigenvalue weighted by molar-refractivity contribution is 5.94. The van der Waals surface area contributed by atoms with Gasteiger partial charge in [0.1, 0.15) is 6.04 Å². The van der Waals surface area contributed by atoms with Gasteiger partial charge in [0.15, 0.2) is 0 Å². The van der Waals surface area contributed by atoms with Crippen LogP contribution in [0.1, 0.15) is 12.8 Å². The quantitative estimate of drug-likeness (QED) is 0.673. The molecule has 0 saturated carbocycles. The third-order valence-electron chi connectivity index (χ3n) is 2.98. The first-order chi connectivity index (χ1) is 8.58. The molecule has 1 heterocycles. The molecule has 96 valence electrons. The normalized spacial score (nSPS) is 18.7. The lowest BCUT2D eigenvalue weighted by Gasteiger charge is -2.22. The summed E-state index contributed by atoms with van der Waals surface area (Å²) in [5.74, 6) is -0.463. The van der Waals surface area contributed by atoms with Gasteiger partial charge < -0.3 is 21.7 Å². The first-order valence-corrected chi connectivity index (χ1v) is 5.80. The van der Waals surface area contributed by atoms with Crippen molar-refractivity contribution in [2.45, 2.75) is 18.9 Å². The maximum absolute atomic E-state index is 12.0. The zero-order chi connectivity index (χ0) is 13.1. The summed E-state index contributed by atoms with van der Waals surface area (Å²) in [6, 6.07) is 6.06. The van der Waals surface area contributed by atoms with Gasteiger partial charge in [-0.2, -0.15) is 0 Å². The Labute approximate surface area is 105 Å². The number of nitrogen functional groups attached to an aromatic ring is 1. The minimum Gasteiger partial charge on any atom is -0.399 e. The lowest BCUT2D eigenvalue weighted by molar-refractivity contribution is -0.121. The molecule has 6 nitrogen and oxygen atoms in total. The lowest BCUT2D eigenvalue weighted by atomic mass is 10.2. The minimum absolute atomic E-state index is 0.318. The highest BCUT2D eigenvalue weighted by atomic mass is 16.2. The summed E-state index contributed by atoms with van der Waals surface area (Å²) in [7, 11) is 0. The number of carbonyl (C=O) groups excluding carboxylic acids is 2. The van der Waals surface area contributed by atoms with E-state index in [1.807, 2.05) is 0 Å². The van der Waals surface area contributed by atoms with E-state index in [0.29, 0.717) is 24.3 Å². The summed E-state index contributed by atoms with van der Waals surface area (Å²) in [5, 5.41) is 2.71. The number of urea groups is 1. The fourth-order valence-corrected chi connectivity index (χ4v) is 2.12. The van der Waals surface area contributed by atoms with Gasteiger partial charge in [0.05, 0.1) is 0 Å². The van der Waals surface area contributed by atoms with E-state index in [4.69, 9.17) is 11.5 Å². The van der Waals surface area contributed by atoms with E-state index < -0.39 is 11.9 Å². The number of nitrogens with two attached hydrogens (primary N) is 2. The van der Waals surface area contributed by atoms with Crippen LogP contribution < -0.4 is 16.8 Å². The number of hydrogen-bond donors (Lipinski definition) is 3. The Hall–Kier alpha value is -2.24. The number of rotatable bonds is 2. The summed E-state index contributed by atoms with van der Waals surface area (Å²) >= 11 is 0. The summed E-state index contributed by atoms with van der Waals surface area (Å²) in [6.45, 7) is 0.543. The molecule has 2 rings (SSSR count). The van der Waals surface area contributed by atoms with Crippen molar-refractivity contribution >= 4 is 23.3 Å². The Morgan fingerprint density at radius 1 is 1.39 bits per heavy atom. The summed E-state index contributed by atoms with van der Waals surface area (Å²) < 4.78 is 0. The molecule has 0 radical (unpaired) electrons. The van der Waals surface area contributed by atoms with Crippen LogP contribution in [0, 0.1) is 0 Å². The first kappa shape index (κ1) is 12.2. The molecule has 6 heteroatoms. The van der Waals surface area contributed by atoms with Crippen LogP contribution in [0.3, 0.4) is 0 Å². The van der Waals surface area contributed by atoms with Crippen molar-refractivity contribution in [1.82, 2.24) is 4.90 Å². The minimum atomic E-state index is -0.508. The van der Waals surface area contributed by atoms with Crippen LogP contribution in [0.15, 0.2) is 24.3 Å². The molecule has 1 unspecified atom stereocenters. The Bertz CT molecular complexity index is 475. The molecule has 5 N–H and O–H groups in total. The van der Waals surface area contributed by atoms with Gasteiger partial charge in [0, 0.05) is 17.9 Å². The summed E-state index contributed by atoms with van der Waals surface area (Å²) in [4.78, 5) is 24.7. The number of hydrogen-bond acceptors (Lipinski definition) is 3. The number of anilines is 2. The molecule has 0 aromatic heterocycles. The highest BCUT2D eigenvalue weighted by Crippen LogP contribution is 2.19. The smallest absolute Gasteiger partial charge is 0.322 e. The summed E-state index contributed by atoms with van der Waals surface area (Å²) in [5.41, 5.74) is 12.1. The molecular formula is C12H16N4O2. The predicted molar refractivity (Wildman–Crippen MR) is 68.8 cm³/mol. The first-order valence-electron chi connectivity index (χ1n) is 5.80. The van der Waals surface area contributed by atoms with Crippen LogP contribution >= 0.6 is 0 Å². The van der Waals surface area contributed by atoms with E-state index in [1.54, 1.807) is 24.3 Å². The van der Waals surface area contributed by atoms with E-state index in [-0.39, 0.29) is 6.03 Å². The molecule has 0 aliphatic carbocycles. The highest BCUT2D eigenvalue weighted by Gasteiger charge is 2.32. The molecule has 1 fully saturated rings. The number of nitrogens with zero attached hydrogens (tertiary/aromatic N) is 1. The second kappa shape index (κ2) is 4.95. The van der Waals surface area contributed by atoms with Gasteiger partial charge in [-0.25, -0.2) is 4.79 Å². The number of amides is 3. The van der Waals surface area contributed by atoms with E-state index in [1.165, 1.54) is 4.90 Å². The Morgan fingerprint density at radius 3 is 2.83 bits per heavy atom. The number of nitrogens with one attached hydrogen (secondary N) is 1. The Morgan fingerprint density at radius 2 is 2.17 bits per heavy atom. The molecule has 1 aliphatic rings. The van der Waals surface area contributed by atoms with Gasteiger partial charge in [-0.05, 0) is 31.0 Å². The largest absolute Gasteiger partial charge is 0.399 e. The van der Waals surface area contributed by atoms with Crippen molar-refractivity contribution < 1.29 is 9.59 Å². The fourth-order valence-electron chi connectivity index (χ4n) is 2.12. The van der Waals surface area contributed by atoms with Crippen LogP contribution in [0.2, 0.25) is 0 Å². The predicted octanol–water partition coefficient (Wildman–Crippen LogP) is 0.750. The van der Waals surface area contributed by atoms with E-state index >= 15 is 0 Å². The summed E-state index contributed by atoms with van der Waals surface area (Å²) in [6.07, 6.45) is 1.41. The number of primary amides is 1. The average molecular weight is 248 g/mol. The molecule has 0 bridgehead atoms. The van der Waals surface area contributed by atoms with Crippen molar-refractivity contribution in [1.29, 1.82) is 0 Å². The number of carbonyl (C=O) groups is 2. The van der Waals surface area contributed by atoms with Crippen molar-refractivity contribution in [2.75, 3.05) is 17.6 Å². The molecular weight excluding hydrogens is 232 g/mol. The maximum atomic E-state index is 12.0. The topological polar surface area (TPSA) is 101 Å². The van der Waals surface area contributed by atoms with Gasteiger partial charge >= 0.3 is 6.03 Å². The molecule has 1 aliphatic heterocycles. The maximum Gasteiger partial charge on any atom is 0.322 e. The van der Waals surface area contributed by atoms with Gasteiger partial charge in [0.25, 0.3) is 0 Å². The van der Waals surface area contributed by atoms with Gasteiger partial charge in [-0.1, -0.05) is 6.07 Å². The zero-order valence-electron chi connectivity index (χ0n) is 9.93.